The van der Waals surface area contributed by atoms with Crippen molar-refractivity contribution in [1.29, 1.82) is 0 Å². The second-order valence-corrected chi connectivity index (χ2v) is 3.10. The van der Waals surface area contributed by atoms with E-state index >= 15 is 0 Å². The molecule has 1 heterocycles. The van der Waals surface area contributed by atoms with Gasteiger partial charge in [-0.25, -0.2) is 0 Å². The largest absolute Gasteiger partial charge is 0.462 e. The van der Waals surface area contributed by atoms with Gasteiger partial charge in [0, 0.05) is 12.8 Å². The molecule has 1 aromatic rings. The number of hydrogen-bond acceptors (Lipinski definition) is 4. The zero-order valence-corrected chi connectivity index (χ0v) is 9.22. The summed E-state index contributed by atoms with van der Waals surface area (Å²) in [5, 5.41) is 0. The van der Waals surface area contributed by atoms with Crippen molar-refractivity contribution in [2.24, 2.45) is 0 Å². The summed E-state index contributed by atoms with van der Waals surface area (Å²) in [6.45, 7) is 3.16. The van der Waals surface area contributed by atoms with Gasteiger partial charge >= 0.3 is 5.97 Å². The van der Waals surface area contributed by atoms with Crippen molar-refractivity contribution in [2.45, 2.75) is 13.5 Å². The Balaban J connectivity index is 2.31. The molecular formula is C11H15NO4. The van der Waals surface area contributed by atoms with E-state index in [4.69, 9.17) is 9.47 Å². The SMILES string of the molecule is CCOCCOC(=O)Cn1cccc1C=O. The summed E-state index contributed by atoms with van der Waals surface area (Å²) in [5.41, 5.74) is 0.460. The minimum atomic E-state index is -0.376. The van der Waals surface area contributed by atoms with Crippen LogP contribution in [0.15, 0.2) is 18.3 Å². The predicted molar refractivity (Wildman–Crippen MR) is 57.3 cm³/mol. The molecule has 5 heteroatoms. The standard InChI is InChI=1S/C11H15NO4/c1-2-15-6-7-16-11(14)8-12-5-3-4-10(12)9-13/h3-5,9H,2,6-8H2,1H3. The molecule has 0 N–H and O–H groups in total. The summed E-state index contributed by atoms with van der Waals surface area (Å²) in [6, 6.07) is 3.34. The molecule has 0 fully saturated rings. The van der Waals surface area contributed by atoms with Gasteiger partial charge in [-0.2, -0.15) is 0 Å². The third-order valence-corrected chi connectivity index (χ3v) is 1.98. The van der Waals surface area contributed by atoms with Crippen LogP contribution >= 0.6 is 0 Å². The fourth-order valence-electron chi connectivity index (χ4n) is 1.22. The molecule has 0 bridgehead atoms. The topological polar surface area (TPSA) is 57.5 Å². The second kappa shape index (κ2) is 6.79. The van der Waals surface area contributed by atoms with E-state index in [-0.39, 0.29) is 19.1 Å². The summed E-state index contributed by atoms with van der Waals surface area (Å²) < 4.78 is 11.5. The molecule has 0 radical (unpaired) electrons. The van der Waals surface area contributed by atoms with Gasteiger partial charge in [0.2, 0.25) is 0 Å². The quantitative estimate of drug-likeness (QED) is 0.392. The molecular weight excluding hydrogens is 210 g/mol. The Kier molecular flexibility index (Phi) is 5.28. The van der Waals surface area contributed by atoms with E-state index in [0.717, 1.165) is 0 Å². The molecule has 0 unspecified atom stereocenters. The van der Waals surface area contributed by atoms with E-state index in [0.29, 0.717) is 25.2 Å². The van der Waals surface area contributed by atoms with Crippen molar-refractivity contribution >= 4 is 12.3 Å². The van der Waals surface area contributed by atoms with E-state index in [1.807, 2.05) is 6.92 Å². The third-order valence-electron chi connectivity index (χ3n) is 1.98. The van der Waals surface area contributed by atoms with Gasteiger partial charge in [-0.15, -0.1) is 0 Å². The van der Waals surface area contributed by atoms with Gasteiger partial charge in [0.25, 0.3) is 0 Å². The highest BCUT2D eigenvalue weighted by atomic mass is 16.6. The van der Waals surface area contributed by atoms with E-state index in [1.54, 1.807) is 18.3 Å². The molecule has 1 aromatic heterocycles. The van der Waals surface area contributed by atoms with Crippen LogP contribution in [-0.2, 0) is 20.8 Å². The summed E-state index contributed by atoms with van der Waals surface area (Å²) in [6.07, 6.45) is 2.36. The lowest BCUT2D eigenvalue weighted by Gasteiger charge is -2.06. The number of carbonyl (C=O) groups is 2. The first-order valence-electron chi connectivity index (χ1n) is 5.11. The lowest BCUT2D eigenvalue weighted by atomic mass is 10.4. The van der Waals surface area contributed by atoms with Crippen LogP contribution in [0.5, 0.6) is 0 Å². The molecule has 1 rings (SSSR count). The average Bonchev–Trinajstić information content (AvgIpc) is 2.71. The second-order valence-electron chi connectivity index (χ2n) is 3.10. The van der Waals surface area contributed by atoms with Gasteiger partial charge in [-0.1, -0.05) is 0 Å². The van der Waals surface area contributed by atoms with Crippen LogP contribution in [0.3, 0.4) is 0 Å². The van der Waals surface area contributed by atoms with Gasteiger partial charge in [0.05, 0.1) is 12.3 Å². The third kappa shape index (κ3) is 3.86. The number of aromatic nitrogens is 1. The highest BCUT2D eigenvalue weighted by Crippen LogP contribution is 1.99. The van der Waals surface area contributed by atoms with Crippen molar-refractivity contribution < 1.29 is 19.1 Å². The molecule has 0 atom stereocenters. The Morgan fingerprint density at radius 3 is 3.00 bits per heavy atom. The van der Waals surface area contributed by atoms with Crippen molar-refractivity contribution in [3.05, 3.63) is 24.0 Å². The molecule has 0 amide bonds. The highest BCUT2D eigenvalue weighted by Gasteiger charge is 2.06. The smallest absolute Gasteiger partial charge is 0.326 e. The first-order valence-corrected chi connectivity index (χ1v) is 5.11. The summed E-state index contributed by atoms with van der Waals surface area (Å²) >= 11 is 0. The minimum absolute atomic E-state index is 0.0488. The number of hydrogen-bond donors (Lipinski definition) is 0. The maximum Gasteiger partial charge on any atom is 0.326 e. The Bertz CT molecular complexity index is 346. The van der Waals surface area contributed by atoms with Crippen molar-refractivity contribution in [3.63, 3.8) is 0 Å². The summed E-state index contributed by atoms with van der Waals surface area (Å²) in [5.74, 6) is -0.376. The highest BCUT2D eigenvalue weighted by molar-refractivity contribution is 5.75. The number of rotatable bonds is 7. The van der Waals surface area contributed by atoms with Crippen LogP contribution in [0.4, 0.5) is 0 Å². The van der Waals surface area contributed by atoms with Crippen LogP contribution in [0.2, 0.25) is 0 Å². The summed E-state index contributed by atoms with van der Waals surface area (Å²) in [4.78, 5) is 21.9. The van der Waals surface area contributed by atoms with E-state index < -0.39 is 0 Å². The lowest BCUT2D eigenvalue weighted by molar-refractivity contribution is -0.145. The number of nitrogens with zero attached hydrogens (tertiary/aromatic N) is 1. The van der Waals surface area contributed by atoms with Crippen LogP contribution in [0, 0.1) is 0 Å². The Morgan fingerprint density at radius 2 is 2.31 bits per heavy atom. The average molecular weight is 225 g/mol. The molecule has 0 saturated heterocycles. The lowest BCUT2D eigenvalue weighted by Crippen LogP contribution is -2.17. The molecule has 0 saturated carbocycles. The number of ether oxygens (including phenoxy) is 2. The first-order chi connectivity index (χ1) is 7.77. The van der Waals surface area contributed by atoms with Crippen molar-refractivity contribution in [1.82, 2.24) is 4.57 Å². The fraction of sp³-hybridized carbons (Fsp3) is 0.455. The van der Waals surface area contributed by atoms with Gasteiger partial charge in [-0.05, 0) is 19.1 Å². The van der Waals surface area contributed by atoms with Crippen LogP contribution in [-0.4, -0.2) is 36.6 Å². The van der Waals surface area contributed by atoms with Gasteiger partial charge in [-0.3, -0.25) is 9.59 Å². The zero-order chi connectivity index (χ0) is 11.8. The Hall–Kier alpha value is -1.62. The molecule has 0 aromatic carbocycles. The molecule has 16 heavy (non-hydrogen) atoms. The molecule has 88 valence electrons. The van der Waals surface area contributed by atoms with E-state index in [1.165, 1.54) is 4.57 Å². The van der Waals surface area contributed by atoms with Gasteiger partial charge < -0.3 is 14.0 Å². The maximum absolute atomic E-state index is 11.3. The van der Waals surface area contributed by atoms with Gasteiger partial charge in [0.1, 0.15) is 13.2 Å². The number of esters is 1. The number of carbonyl (C=O) groups excluding carboxylic acids is 2. The minimum Gasteiger partial charge on any atom is -0.462 e. The fourth-order valence-corrected chi connectivity index (χ4v) is 1.22. The van der Waals surface area contributed by atoms with Crippen LogP contribution in [0.25, 0.3) is 0 Å². The van der Waals surface area contributed by atoms with E-state index in [9.17, 15) is 9.59 Å². The monoisotopic (exact) mass is 225 g/mol. The first kappa shape index (κ1) is 12.4. The molecule has 0 aliphatic carbocycles. The molecule has 0 aliphatic rings. The zero-order valence-electron chi connectivity index (χ0n) is 9.22. The summed E-state index contributed by atoms with van der Waals surface area (Å²) in [7, 11) is 0. The van der Waals surface area contributed by atoms with Crippen LogP contribution in [0.1, 0.15) is 17.4 Å². The van der Waals surface area contributed by atoms with Crippen molar-refractivity contribution in [2.75, 3.05) is 19.8 Å². The van der Waals surface area contributed by atoms with Gasteiger partial charge in [0.15, 0.2) is 6.29 Å². The van der Waals surface area contributed by atoms with Crippen molar-refractivity contribution in [3.8, 4) is 0 Å². The number of aldehydes is 1. The molecule has 5 nitrogen and oxygen atoms in total. The van der Waals surface area contributed by atoms with Crippen LogP contribution < -0.4 is 0 Å². The normalized spacial score (nSPS) is 10.1. The Morgan fingerprint density at radius 1 is 1.50 bits per heavy atom. The molecule has 0 spiro atoms. The predicted octanol–water partition coefficient (Wildman–Crippen LogP) is 0.880. The maximum atomic E-state index is 11.3. The van der Waals surface area contributed by atoms with E-state index in [2.05, 4.69) is 0 Å². The Labute approximate surface area is 94.0 Å². The molecule has 0 aliphatic heterocycles.